The Morgan fingerprint density at radius 1 is 1.32 bits per heavy atom. The number of carbonyl (C=O) groups excluding carboxylic acids is 1. The maximum atomic E-state index is 12.0. The van der Waals surface area contributed by atoms with Gasteiger partial charge in [-0.3, -0.25) is 4.79 Å². The Morgan fingerprint density at radius 2 is 2.00 bits per heavy atom. The van der Waals surface area contributed by atoms with Crippen LogP contribution in [0.2, 0.25) is 0 Å². The summed E-state index contributed by atoms with van der Waals surface area (Å²) in [5, 5.41) is 3.11. The van der Waals surface area contributed by atoms with E-state index in [1.807, 2.05) is 30.3 Å². The fourth-order valence-corrected chi connectivity index (χ4v) is 2.38. The minimum absolute atomic E-state index is 0.0379. The van der Waals surface area contributed by atoms with Crippen LogP contribution in [0.3, 0.4) is 0 Å². The highest BCUT2D eigenvalue weighted by Gasteiger charge is 2.20. The lowest BCUT2D eigenvalue weighted by atomic mass is 10.0. The van der Waals surface area contributed by atoms with Gasteiger partial charge in [-0.25, -0.2) is 0 Å². The van der Waals surface area contributed by atoms with Gasteiger partial charge >= 0.3 is 0 Å². The van der Waals surface area contributed by atoms with Crippen molar-refractivity contribution in [1.29, 1.82) is 0 Å². The molecule has 1 amide bonds. The van der Waals surface area contributed by atoms with Crippen molar-refractivity contribution in [2.45, 2.75) is 18.9 Å². The summed E-state index contributed by atoms with van der Waals surface area (Å²) in [7, 11) is 1.73. The number of methoxy groups -OCH3 is 1. The highest BCUT2D eigenvalue weighted by molar-refractivity contribution is 5.94. The number of likely N-dealkylation sites (tertiary alicyclic amines) is 1. The normalized spacial score (nSPS) is 17.3. The molecular formula is C15H22N2O2. The van der Waals surface area contributed by atoms with Gasteiger partial charge in [-0.05, 0) is 25.0 Å². The first kappa shape index (κ1) is 14.0. The maximum absolute atomic E-state index is 12.0. The van der Waals surface area contributed by atoms with E-state index in [4.69, 9.17) is 4.74 Å². The molecule has 104 valence electrons. The molecule has 1 fully saturated rings. The number of nitrogens with zero attached hydrogens (tertiary/aromatic N) is 1. The number of nitrogens with one attached hydrogen (secondary N) is 1. The molecule has 19 heavy (non-hydrogen) atoms. The van der Waals surface area contributed by atoms with Crippen LogP contribution in [0, 0.1) is 0 Å². The molecular weight excluding hydrogens is 240 g/mol. The van der Waals surface area contributed by atoms with E-state index in [1.165, 1.54) is 0 Å². The molecule has 4 nitrogen and oxygen atoms in total. The number of hydrogen-bond donors (Lipinski definition) is 1. The quantitative estimate of drug-likeness (QED) is 0.875. The van der Waals surface area contributed by atoms with Crippen LogP contribution in [0.1, 0.15) is 23.2 Å². The molecule has 0 unspecified atom stereocenters. The number of piperidine rings is 1. The SMILES string of the molecule is COCCN1CCC(NC(=O)c2ccccc2)CC1. The van der Waals surface area contributed by atoms with Gasteiger partial charge in [-0.15, -0.1) is 0 Å². The van der Waals surface area contributed by atoms with Crippen LogP contribution in [0.15, 0.2) is 30.3 Å². The first-order valence-electron chi connectivity index (χ1n) is 6.87. The van der Waals surface area contributed by atoms with E-state index in [1.54, 1.807) is 7.11 Å². The predicted molar refractivity (Wildman–Crippen MR) is 75.2 cm³/mol. The first-order valence-corrected chi connectivity index (χ1v) is 6.87. The lowest BCUT2D eigenvalue weighted by Gasteiger charge is -2.32. The molecule has 0 radical (unpaired) electrons. The van der Waals surface area contributed by atoms with Gasteiger partial charge in [0.2, 0.25) is 0 Å². The van der Waals surface area contributed by atoms with E-state index in [0.717, 1.165) is 44.6 Å². The van der Waals surface area contributed by atoms with E-state index in [0.29, 0.717) is 6.04 Å². The van der Waals surface area contributed by atoms with Gasteiger partial charge in [0, 0.05) is 38.3 Å². The zero-order chi connectivity index (χ0) is 13.5. The van der Waals surface area contributed by atoms with Crippen molar-refractivity contribution in [3.8, 4) is 0 Å². The Kier molecular flexibility index (Phi) is 5.36. The zero-order valence-electron chi connectivity index (χ0n) is 11.5. The predicted octanol–water partition coefficient (Wildman–Crippen LogP) is 1.53. The lowest BCUT2D eigenvalue weighted by molar-refractivity contribution is 0.0893. The molecule has 2 rings (SSSR count). The largest absolute Gasteiger partial charge is 0.383 e. The van der Waals surface area contributed by atoms with Crippen LogP contribution in [-0.2, 0) is 4.74 Å². The zero-order valence-corrected chi connectivity index (χ0v) is 11.5. The topological polar surface area (TPSA) is 41.6 Å². The molecule has 4 heteroatoms. The molecule has 1 heterocycles. The van der Waals surface area contributed by atoms with Crippen LogP contribution in [0.5, 0.6) is 0 Å². The number of benzene rings is 1. The van der Waals surface area contributed by atoms with Crippen molar-refractivity contribution in [2.75, 3.05) is 33.4 Å². The number of rotatable bonds is 5. The summed E-state index contributed by atoms with van der Waals surface area (Å²) in [6.45, 7) is 3.82. The molecule has 0 aromatic heterocycles. The van der Waals surface area contributed by atoms with Gasteiger partial charge in [0.1, 0.15) is 0 Å². The third-order valence-corrected chi connectivity index (χ3v) is 3.57. The fourth-order valence-electron chi connectivity index (χ4n) is 2.38. The molecule has 1 saturated heterocycles. The molecule has 0 spiro atoms. The van der Waals surface area contributed by atoms with E-state index in [2.05, 4.69) is 10.2 Å². The third-order valence-electron chi connectivity index (χ3n) is 3.57. The molecule has 0 bridgehead atoms. The van der Waals surface area contributed by atoms with Gasteiger partial charge in [0.25, 0.3) is 5.91 Å². The minimum atomic E-state index is 0.0379. The highest BCUT2D eigenvalue weighted by atomic mass is 16.5. The summed E-state index contributed by atoms with van der Waals surface area (Å²) in [4.78, 5) is 14.4. The Bertz CT molecular complexity index is 386. The van der Waals surface area contributed by atoms with E-state index >= 15 is 0 Å². The number of carbonyl (C=O) groups is 1. The first-order chi connectivity index (χ1) is 9.29. The van der Waals surface area contributed by atoms with E-state index < -0.39 is 0 Å². The summed E-state index contributed by atoms with van der Waals surface area (Å²) in [5.41, 5.74) is 0.740. The second kappa shape index (κ2) is 7.26. The Morgan fingerprint density at radius 3 is 2.63 bits per heavy atom. The Hall–Kier alpha value is -1.39. The summed E-state index contributed by atoms with van der Waals surface area (Å²) in [5.74, 6) is 0.0379. The van der Waals surface area contributed by atoms with Crippen molar-refractivity contribution in [1.82, 2.24) is 10.2 Å². The highest BCUT2D eigenvalue weighted by Crippen LogP contribution is 2.11. The van der Waals surface area contributed by atoms with Gasteiger partial charge in [-0.1, -0.05) is 18.2 Å². The Balaban J connectivity index is 1.75. The van der Waals surface area contributed by atoms with E-state index in [-0.39, 0.29) is 5.91 Å². The van der Waals surface area contributed by atoms with Gasteiger partial charge in [0.05, 0.1) is 6.61 Å². The molecule has 0 aliphatic carbocycles. The minimum Gasteiger partial charge on any atom is -0.383 e. The van der Waals surface area contributed by atoms with Crippen LogP contribution < -0.4 is 5.32 Å². The van der Waals surface area contributed by atoms with Crippen molar-refractivity contribution in [2.24, 2.45) is 0 Å². The molecule has 1 aromatic rings. The molecule has 0 saturated carbocycles. The van der Waals surface area contributed by atoms with Gasteiger partial charge in [-0.2, -0.15) is 0 Å². The summed E-state index contributed by atoms with van der Waals surface area (Å²) < 4.78 is 5.08. The number of ether oxygens (including phenoxy) is 1. The standard InChI is InChI=1S/C15H22N2O2/c1-19-12-11-17-9-7-14(8-10-17)16-15(18)13-5-3-2-4-6-13/h2-6,14H,7-12H2,1H3,(H,16,18). The molecule has 0 atom stereocenters. The third kappa shape index (κ3) is 4.33. The summed E-state index contributed by atoms with van der Waals surface area (Å²) >= 11 is 0. The average molecular weight is 262 g/mol. The van der Waals surface area contributed by atoms with E-state index in [9.17, 15) is 4.79 Å². The van der Waals surface area contributed by atoms with Crippen LogP contribution in [0.4, 0.5) is 0 Å². The molecule has 1 aliphatic heterocycles. The molecule has 1 aliphatic rings. The summed E-state index contributed by atoms with van der Waals surface area (Å²) in [6, 6.07) is 9.70. The second-order valence-corrected chi connectivity index (χ2v) is 4.95. The van der Waals surface area contributed by atoms with Gasteiger partial charge < -0.3 is 15.0 Å². The number of hydrogen-bond acceptors (Lipinski definition) is 3. The Labute approximate surface area is 114 Å². The van der Waals surface area contributed by atoms with Crippen molar-refractivity contribution < 1.29 is 9.53 Å². The smallest absolute Gasteiger partial charge is 0.251 e. The molecule has 1 N–H and O–H groups in total. The van der Waals surface area contributed by atoms with Crippen LogP contribution >= 0.6 is 0 Å². The van der Waals surface area contributed by atoms with Crippen molar-refractivity contribution in [3.05, 3.63) is 35.9 Å². The lowest BCUT2D eigenvalue weighted by Crippen LogP contribution is -2.45. The number of amides is 1. The monoisotopic (exact) mass is 262 g/mol. The maximum Gasteiger partial charge on any atom is 0.251 e. The molecule has 1 aromatic carbocycles. The van der Waals surface area contributed by atoms with Crippen LogP contribution in [0.25, 0.3) is 0 Å². The second-order valence-electron chi connectivity index (χ2n) is 4.95. The fraction of sp³-hybridized carbons (Fsp3) is 0.533. The van der Waals surface area contributed by atoms with Crippen molar-refractivity contribution >= 4 is 5.91 Å². The average Bonchev–Trinajstić information content (AvgIpc) is 2.47. The van der Waals surface area contributed by atoms with Crippen molar-refractivity contribution in [3.63, 3.8) is 0 Å². The summed E-state index contributed by atoms with van der Waals surface area (Å²) in [6.07, 6.45) is 2.03. The van der Waals surface area contributed by atoms with Gasteiger partial charge in [0.15, 0.2) is 0 Å². The van der Waals surface area contributed by atoms with Crippen LogP contribution in [-0.4, -0.2) is 50.2 Å².